The number of halogens is 2. The molecule has 0 aromatic carbocycles. The summed E-state index contributed by atoms with van der Waals surface area (Å²) < 4.78 is 1.89. The van der Waals surface area contributed by atoms with Crippen LogP contribution in [-0.4, -0.2) is 10.8 Å². The summed E-state index contributed by atoms with van der Waals surface area (Å²) in [5, 5.41) is 0. The van der Waals surface area contributed by atoms with Crippen molar-refractivity contribution in [1.82, 2.24) is 4.98 Å². The molecule has 0 aliphatic carbocycles. The van der Waals surface area contributed by atoms with E-state index in [2.05, 4.69) is 36.8 Å². The van der Waals surface area contributed by atoms with E-state index in [4.69, 9.17) is 0 Å². The van der Waals surface area contributed by atoms with E-state index < -0.39 is 0 Å². The van der Waals surface area contributed by atoms with Gasteiger partial charge in [0, 0.05) is 27.8 Å². The van der Waals surface area contributed by atoms with E-state index in [1.807, 2.05) is 0 Å². The Hall–Kier alpha value is -0.220. The Morgan fingerprint density at radius 2 is 1.92 bits per heavy atom. The number of nitrogens with zero attached hydrogens (tertiary/aromatic N) is 1. The lowest BCUT2D eigenvalue weighted by molar-refractivity contribution is -0.116. The fourth-order valence-corrected chi connectivity index (χ4v) is 2.30. The highest BCUT2D eigenvalue weighted by Crippen LogP contribution is 2.24. The molecule has 0 bridgehead atoms. The lowest BCUT2D eigenvalue weighted by atomic mass is 10.1. The number of carbonyl (C=O) groups excluding carboxylic acids is 1. The molecule has 0 fully saturated rings. The molecule has 13 heavy (non-hydrogen) atoms. The van der Waals surface area contributed by atoms with Crippen LogP contribution in [0.25, 0.3) is 0 Å². The maximum atomic E-state index is 10.8. The monoisotopic (exact) mass is 305 g/mol. The first-order valence-electron chi connectivity index (χ1n) is 3.88. The summed E-state index contributed by atoms with van der Waals surface area (Å²) in [5.41, 5.74) is 1.10. The molecule has 0 saturated carbocycles. The molecule has 0 saturated heterocycles. The third-order valence-corrected chi connectivity index (χ3v) is 3.05. The molecule has 0 radical (unpaired) electrons. The average Bonchev–Trinajstić information content (AvgIpc) is 2.03. The van der Waals surface area contributed by atoms with Gasteiger partial charge in [-0.3, -0.25) is 4.98 Å². The topological polar surface area (TPSA) is 30.0 Å². The van der Waals surface area contributed by atoms with Gasteiger partial charge >= 0.3 is 0 Å². The lowest BCUT2D eigenvalue weighted by Gasteiger charge is -2.04. The normalized spacial score (nSPS) is 10.1. The van der Waals surface area contributed by atoms with E-state index in [9.17, 15) is 4.79 Å². The quantitative estimate of drug-likeness (QED) is 0.859. The molecule has 1 rings (SSSR count). The van der Waals surface area contributed by atoms with Crippen molar-refractivity contribution in [2.75, 3.05) is 0 Å². The average molecular weight is 307 g/mol. The van der Waals surface area contributed by atoms with Gasteiger partial charge in [-0.1, -0.05) is 0 Å². The molecule has 1 aromatic rings. The minimum atomic E-state index is 0.204. The Morgan fingerprint density at radius 1 is 1.38 bits per heavy atom. The zero-order chi connectivity index (χ0) is 9.84. The molecule has 0 atom stereocenters. The molecule has 70 valence electrons. The van der Waals surface area contributed by atoms with Crippen molar-refractivity contribution in [3.63, 3.8) is 0 Å². The standard InChI is InChI=1S/C9H9Br2NO/c1-6(13)2-3-7-8(10)4-12-5-9(7)11/h4-5H,2-3H2,1H3. The smallest absolute Gasteiger partial charge is 0.130 e. The number of ketones is 1. The van der Waals surface area contributed by atoms with Gasteiger partial charge in [0.05, 0.1) is 0 Å². The fraction of sp³-hybridized carbons (Fsp3) is 0.333. The third-order valence-electron chi connectivity index (χ3n) is 1.68. The zero-order valence-electron chi connectivity index (χ0n) is 7.18. The van der Waals surface area contributed by atoms with Crippen molar-refractivity contribution in [3.05, 3.63) is 26.9 Å². The Balaban J connectivity index is 2.81. The molecule has 4 heteroatoms. The Kier molecular flexibility index (Phi) is 4.06. The van der Waals surface area contributed by atoms with Gasteiger partial charge in [-0.15, -0.1) is 0 Å². The molecular formula is C9H9Br2NO. The van der Waals surface area contributed by atoms with Crippen molar-refractivity contribution >= 4 is 37.6 Å². The van der Waals surface area contributed by atoms with Gasteiger partial charge in [-0.25, -0.2) is 0 Å². The van der Waals surface area contributed by atoms with Gasteiger partial charge in [-0.05, 0) is 50.8 Å². The molecule has 1 aromatic heterocycles. The number of Topliss-reactive ketones (excluding diaryl/α,β-unsaturated/α-hetero) is 1. The van der Waals surface area contributed by atoms with Crippen molar-refractivity contribution in [1.29, 1.82) is 0 Å². The van der Waals surface area contributed by atoms with Crippen LogP contribution in [0.15, 0.2) is 21.3 Å². The summed E-state index contributed by atoms with van der Waals surface area (Å²) in [5.74, 6) is 0.204. The van der Waals surface area contributed by atoms with Gasteiger partial charge in [0.1, 0.15) is 5.78 Å². The predicted octanol–water partition coefficient (Wildman–Crippen LogP) is 3.13. The van der Waals surface area contributed by atoms with Gasteiger partial charge in [-0.2, -0.15) is 0 Å². The van der Waals surface area contributed by atoms with Crippen LogP contribution in [0.2, 0.25) is 0 Å². The van der Waals surface area contributed by atoms with Crippen LogP contribution in [-0.2, 0) is 11.2 Å². The van der Waals surface area contributed by atoms with Crippen LogP contribution in [0.5, 0.6) is 0 Å². The minimum Gasteiger partial charge on any atom is -0.300 e. The van der Waals surface area contributed by atoms with Gasteiger partial charge in [0.15, 0.2) is 0 Å². The van der Waals surface area contributed by atoms with E-state index in [0.29, 0.717) is 6.42 Å². The molecule has 0 aliphatic rings. The first-order valence-corrected chi connectivity index (χ1v) is 5.47. The molecule has 0 spiro atoms. The van der Waals surface area contributed by atoms with Crippen LogP contribution < -0.4 is 0 Å². The summed E-state index contributed by atoms with van der Waals surface area (Å²) in [4.78, 5) is 14.8. The molecule has 2 nitrogen and oxygen atoms in total. The summed E-state index contributed by atoms with van der Waals surface area (Å²) in [6.45, 7) is 1.60. The molecule has 0 unspecified atom stereocenters. The maximum absolute atomic E-state index is 10.8. The Bertz CT molecular complexity index is 305. The van der Waals surface area contributed by atoms with Crippen molar-refractivity contribution in [2.24, 2.45) is 0 Å². The second-order valence-corrected chi connectivity index (χ2v) is 4.49. The largest absolute Gasteiger partial charge is 0.300 e. The van der Waals surface area contributed by atoms with Crippen LogP contribution >= 0.6 is 31.9 Å². The van der Waals surface area contributed by atoms with Crippen molar-refractivity contribution < 1.29 is 4.79 Å². The first kappa shape index (κ1) is 10.9. The second kappa shape index (κ2) is 4.86. The molecule has 1 heterocycles. The van der Waals surface area contributed by atoms with Crippen molar-refractivity contribution in [2.45, 2.75) is 19.8 Å². The molecule has 0 amide bonds. The van der Waals surface area contributed by atoms with Crippen LogP contribution in [0.1, 0.15) is 18.9 Å². The third kappa shape index (κ3) is 3.19. The molecule has 0 N–H and O–H groups in total. The number of pyridine rings is 1. The number of hydrogen-bond donors (Lipinski definition) is 0. The molecule has 0 aliphatic heterocycles. The maximum Gasteiger partial charge on any atom is 0.130 e. The van der Waals surface area contributed by atoms with Crippen molar-refractivity contribution in [3.8, 4) is 0 Å². The van der Waals surface area contributed by atoms with Crippen LogP contribution in [0, 0.1) is 0 Å². The number of rotatable bonds is 3. The van der Waals surface area contributed by atoms with Crippen LogP contribution in [0.3, 0.4) is 0 Å². The second-order valence-electron chi connectivity index (χ2n) is 2.78. The summed E-state index contributed by atoms with van der Waals surface area (Å²) in [7, 11) is 0. The lowest BCUT2D eigenvalue weighted by Crippen LogP contribution is -1.96. The zero-order valence-corrected chi connectivity index (χ0v) is 10.4. The number of aromatic nitrogens is 1. The van der Waals surface area contributed by atoms with Gasteiger partial charge in [0.2, 0.25) is 0 Å². The summed E-state index contributed by atoms with van der Waals surface area (Å²) in [6.07, 6.45) is 4.79. The summed E-state index contributed by atoms with van der Waals surface area (Å²) >= 11 is 6.79. The summed E-state index contributed by atoms with van der Waals surface area (Å²) in [6, 6.07) is 0. The first-order chi connectivity index (χ1) is 6.11. The van der Waals surface area contributed by atoms with Gasteiger partial charge < -0.3 is 4.79 Å². The number of carbonyl (C=O) groups is 1. The van der Waals surface area contributed by atoms with E-state index in [0.717, 1.165) is 20.9 Å². The predicted molar refractivity (Wildman–Crippen MR) is 58.6 cm³/mol. The highest BCUT2D eigenvalue weighted by Gasteiger charge is 2.05. The highest BCUT2D eigenvalue weighted by atomic mass is 79.9. The van der Waals surface area contributed by atoms with Crippen LogP contribution in [0.4, 0.5) is 0 Å². The fourth-order valence-electron chi connectivity index (χ4n) is 0.978. The Labute approximate surface area is 94.0 Å². The Morgan fingerprint density at radius 3 is 2.38 bits per heavy atom. The number of hydrogen-bond acceptors (Lipinski definition) is 2. The highest BCUT2D eigenvalue weighted by molar-refractivity contribution is 9.11. The van der Waals surface area contributed by atoms with E-state index in [1.165, 1.54) is 0 Å². The van der Waals surface area contributed by atoms with E-state index in [-0.39, 0.29) is 5.78 Å². The van der Waals surface area contributed by atoms with Gasteiger partial charge in [0.25, 0.3) is 0 Å². The SMILES string of the molecule is CC(=O)CCc1c(Br)cncc1Br. The van der Waals surface area contributed by atoms with E-state index >= 15 is 0 Å². The van der Waals surface area contributed by atoms with E-state index in [1.54, 1.807) is 19.3 Å². The molecular weight excluding hydrogens is 298 g/mol. The minimum absolute atomic E-state index is 0.204.